The molecular weight excluding hydrogens is 336 g/mol. The van der Waals surface area contributed by atoms with Crippen molar-refractivity contribution in [2.45, 2.75) is 19.8 Å². The molecule has 2 aromatic heterocycles. The fraction of sp³-hybridized carbons (Fsp3) is 0.211. The highest BCUT2D eigenvalue weighted by Crippen LogP contribution is 2.21. The highest BCUT2D eigenvalue weighted by atomic mass is 35.5. The molecule has 0 unspecified atom stereocenters. The van der Waals surface area contributed by atoms with Gasteiger partial charge in [-0.3, -0.25) is 0 Å². The van der Waals surface area contributed by atoms with Gasteiger partial charge in [0.15, 0.2) is 18.2 Å². The van der Waals surface area contributed by atoms with Crippen molar-refractivity contribution in [3.63, 3.8) is 0 Å². The third-order valence-corrected chi connectivity index (χ3v) is 4.02. The number of nitrogens with one attached hydrogen (secondary N) is 1. The van der Waals surface area contributed by atoms with Crippen LogP contribution in [0.25, 0.3) is 11.4 Å². The third kappa shape index (κ3) is 4.67. The highest BCUT2D eigenvalue weighted by Gasteiger charge is 2.07. The number of hydrogen-bond acceptors (Lipinski definition) is 4. The van der Waals surface area contributed by atoms with Gasteiger partial charge >= 0.3 is 0 Å². The van der Waals surface area contributed by atoms with E-state index < -0.39 is 0 Å². The molecule has 0 radical (unpaired) electrons. The van der Waals surface area contributed by atoms with E-state index in [-0.39, 0.29) is 0 Å². The monoisotopic (exact) mass is 354 g/mol. The van der Waals surface area contributed by atoms with Crippen LogP contribution in [0.4, 0.5) is 5.82 Å². The minimum Gasteiger partial charge on any atom is -0.619 e. The Kier molecular flexibility index (Phi) is 5.46. The summed E-state index contributed by atoms with van der Waals surface area (Å²) in [5.74, 6) is 1.43. The van der Waals surface area contributed by atoms with Gasteiger partial charge in [-0.1, -0.05) is 30.7 Å². The summed E-state index contributed by atoms with van der Waals surface area (Å²) in [5, 5.41) is 15.3. The molecule has 3 rings (SSSR count). The molecule has 0 aliphatic heterocycles. The predicted molar refractivity (Wildman–Crippen MR) is 99.5 cm³/mol. The van der Waals surface area contributed by atoms with Gasteiger partial charge in [-0.25, -0.2) is 9.97 Å². The number of nitrogens with zero attached hydrogens (tertiary/aromatic N) is 3. The molecule has 1 aromatic carbocycles. The van der Waals surface area contributed by atoms with Gasteiger partial charge in [-0.2, -0.15) is 4.73 Å². The maximum absolute atomic E-state index is 11.3. The van der Waals surface area contributed by atoms with Crippen molar-refractivity contribution in [1.82, 2.24) is 9.97 Å². The second kappa shape index (κ2) is 7.94. The van der Waals surface area contributed by atoms with Crippen LogP contribution in [0.5, 0.6) is 0 Å². The van der Waals surface area contributed by atoms with Crippen molar-refractivity contribution < 1.29 is 4.73 Å². The molecule has 0 bridgehead atoms. The van der Waals surface area contributed by atoms with Crippen molar-refractivity contribution in [2.75, 3.05) is 11.9 Å². The first kappa shape index (κ1) is 17.2. The molecular formula is C19H19ClN4O. The Morgan fingerprint density at radius 2 is 2.04 bits per heavy atom. The van der Waals surface area contributed by atoms with Gasteiger partial charge in [-0.05, 0) is 31.0 Å². The van der Waals surface area contributed by atoms with Crippen molar-refractivity contribution in [3.8, 4) is 11.4 Å². The lowest BCUT2D eigenvalue weighted by Crippen LogP contribution is -2.25. The minimum absolute atomic E-state index is 0.654. The first-order chi connectivity index (χ1) is 12.1. The lowest BCUT2D eigenvalue weighted by atomic mass is 10.2. The Bertz CT molecular complexity index is 870. The second-order valence-corrected chi connectivity index (χ2v) is 6.12. The summed E-state index contributed by atoms with van der Waals surface area (Å²) in [6.45, 7) is 2.74. The van der Waals surface area contributed by atoms with E-state index in [0.29, 0.717) is 17.4 Å². The Morgan fingerprint density at radius 1 is 1.16 bits per heavy atom. The van der Waals surface area contributed by atoms with E-state index in [1.54, 1.807) is 12.3 Å². The van der Waals surface area contributed by atoms with Crippen molar-refractivity contribution in [3.05, 3.63) is 76.3 Å². The molecule has 25 heavy (non-hydrogen) atoms. The molecule has 0 atom stereocenters. The predicted octanol–water partition coefficient (Wildman–Crippen LogP) is 3.65. The van der Waals surface area contributed by atoms with Gasteiger partial charge in [0.1, 0.15) is 5.82 Å². The molecule has 0 amide bonds. The van der Waals surface area contributed by atoms with E-state index in [9.17, 15) is 5.21 Å². The van der Waals surface area contributed by atoms with Crippen molar-refractivity contribution >= 4 is 17.4 Å². The van der Waals surface area contributed by atoms with Crippen LogP contribution in [0.2, 0.25) is 5.02 Å². The molecule has 128 valence electrons. The molecule has 0 saturated heterocycles. The zero-order valence-corrected chi connectivity index (χ0v) is 14.7. The van der Waals surface area contributed by atoms with Crippen LogP contribution in [-0.4, -0.2) is 16.5 Å². The van der Waals surface area contributed by atoms with Crippen molar-refractivity contribution in [2.24, 2.45) is 0 Å². The van der Waals surface area contributed by atoms with E-state index in [4.69, 9.17) is 11.6 Å². The summed E-state index contributed by atoms with van der Waals surface area (Å²) < 4.78 is 0.812. The van der Waals surface area contributed by atoms with E-state index in [2.05, 4.69) is 22.2 Å². The molecule has 0 aliphatic rings. The minimum atomic E-state index is 0.654. The third-order valence-electron chi connectivity index (χ3n) is 3.78. The summed E-state index contributed by atoms with van der Waals surface area (Å²) in [5.41, 5.74) is 2.83. The average molecular weight is 355 g/mol. The van der Waals surface area contributed by atoms with E-state index in [0.717, 1.165) is 40.2 Å². The summed E-state index contributed by atoms with van der Waals surface area (Å²) in [6, 6.07) is 13.2. The Morgan fingerprint density at radius 3 is 2.80 bits per heavy atom. The molecule has 6 heteroatoms. The van der Waals surface area contributed by atoms with E-state index in [1.165, 1.54) is 6.20 Å². The van der Waals surface area contributed by atoms with Gasteiger partial charge in [0, 0.05) is 40.5 Å². The van der Waals surface area contributed by atoms with Gasteiger partial charge in [-0.15, -0.1) is 0 Å². The van der Waals surface area contributed by atoms with Crippen LogP contribution >= 0.6 is 11.6 Å². The number of pyridine rings is 1. The molecule has 0 spiro atoms. The van der Waals surface area contributed by atoms with Crippen LogP contribution in [0.15, 0.2) is 54.9 Å². The Balaban J connectivity index is 1.75. The first-order valence-corrected chi connectivity index (χ1v) is 8.57. The average Bonchev–Trinajstić information content (AvgIpc) is 2.61. The number of hydrogen-bond donors (Lipinski definition) is 1. The van der Waals surface area contributed by atoms with Gasteiger partial charge in [0.2, 0.25) is 0 Å². The second-order valence-electron chi connectivity index (χ2n) is 5.68. The number of aromatic nitrogens is 3. The summed E-state index contributed by atoms with van der Waals surface area (Å²) in [7, 11) is 0. The standard InChI is InChI=1S/C19H19ClN4O/c1-2-17-12-18(21-9-8-14-5-4-10-24(25)13-14)23-19(22-17)15-6-3-7-16(20)11-15/h3-7,10-13H,2,8-9H2,1H3,(H,21,22,23). The van der Waals surface area contributed by atoms with Crippen LogP contribution in [0.1, 0.15) is 18.2 Å². The fourth-order valence-corrected chi connectivity index (χ4v) is 2.70. The summed E-state index contributed by atoms with van der Waals surface area (Å²) in [6.07, 6.45) is 4.61. The first-order valence-electron chi connectivity index (χ1n) is 8.19. The molecule has 0 saturated carbocycles. The lowest BCUT2D eigenvalue weighted by Gasteiger charge is -2.10. The summed E-state index contributed by atoms with van der Waals surface area (Å²) >= 11 is 6.07. The van der Waals surface area contributed by atoms with Crippen molar-refractivity contribution in [1.29, 1.82) is 0 Å². The smallest absolute Gasteiger partial charge is 0.183 e. The van der Waals surface area contributed by atoms with Crippen LogP contribution in [-0.2, 0) is 12.8 Å². The largest absolute Gasteiger partial charge is 0.619 e. The molecule has 3 aromatic rings. The van der Waals surface area contributed by atoms with E-state index >= 15 is 0 Å². The Hall–Kier alpha value is -2.66. The number of benzene rings is 1. The highest BCUT2D eigenvalue weighted by molar-refractivity contribution is 6.30. The maximum Gasteiger partial charge on any atom is 0.183 e. The molecule has 2 heterocycles. The molecule has 5 nitrogen and oxygen atoms in total. The number of halogens is 1. The maximum atomic E-state index is 11.3. The zero-order chi connectivity index (χ0) is 17.6. The lowest BCUT2D eigenvalue weighted by molar-refractivity contribution is -0.605. The quantitative estimate of drug-likeness (QED) is 0.542. The fourth-order valence-electron chi connectivity index (χ4n) is 2.51. The molecule has 0 fully saturated rings. The van der Waals surface area contributed by atoms with E-state index in [1.807, 2.05) is 36.4 Å². The van der Waals surface area contributed by atoms with Crippen LogP contribution < -0.4 is 10.0 Å². The van der Waals surface area contributed by atoms with Gasteiger partial charge in [0.25, 0.3) is 0 Å². The molecule has 0 aliphatic carbocycles. The number of anilines is 1. The van der Waals surface area contributed by atoms with Crippen LogP contribution in [0, 0.1) is 5.21 Å². The zero-order valence-electron chi connectivity index (χ0n) is 13.9. The number of rotatable bonds is 6. The van der Waals surface area contributed by atoms with Gasteiger partial charge in [0.05, 0.1) is 0 Å². The number of aryl methyl sites for hydroxylation is 1. The topological polar surface area (TPSA) is 64.8 Å². The Labute approximate surface area is 151 Å². The molecule has 1 N–H and O–H groups in total. The van der Waals surface area contributed by atoms with Gasteiger partial charge < -0.3 is 10.5 Å². The van der Waals surface area contributed by atoms with Crippen LogP contribution in [0.3, 0.4) is 0 Å². The SMILES string of the molecule is CCc1cc(NCCc2ccc[n+]([O-])c2)nc(-c2cccc(Cl)c2)n1. The summed E-state index contributed by atoms with van der Waals surface area (Å²) in [4.78, 5) is 9.18. The normalized spacial score (nSPS) is 10.6.